The second-order valence-electron chi connectivity index (χ2n) is 17.0. The third-order valence-corrected chi connectivity index (χ3v) is 13.0. The van der Waals surface area contributed by atoms with Crippen LogP contribution in [0.5, 0.6) is 11.5 Å². The summed E-state index contributed by atoms with van der Waals surface area (Å²) in [5.41, 5.74) is 5.25. The van der Waals surface area contributed by atoms with E-state index in [0.29, 0.717) is 53.5 Å². The number of allylic oxidation sites excluding steroid dienone is 2. The van der Waals surface area contributed by atoms with Crippen LogP contribution < -0.4 is 20.1 Å². The largest absolute Gasteiger partial charge is 0.489 e. The van der Waals surface area contributed by atoms with Gasteiger partial charge < -0.3 is 44.6 Å². The van der Waals surface area contributed by atoms with Crippen LogP contribution in [0, 0.1) is 41.4 Å². The first-order valence-corrected chi connectivity index (χ1v) is 23.0. The summed E-state index contributed by atoms with van der Waals surface area (Å²) in [6, 6.07) is 12.6. The molecule has 3 heterocycles. The number of ketones is 1. The molecular weight excluding hydrogens is 845 g/mol. The molecule has 0 radical (unpaired) electrons. The van der Waals surface area contributed by atoms with Crippen molar-refractivity contribution in [1.29, 1.82) is 0 Å². The van der Waals surface area contributed by atoms with E-state index in [2.05, 4.69) is 71.3 Å². The highest BCUT2D eigenvalue weighted by atomic mass is 32.2. The molecule has 4 N–H and O–H groups in total. The molecule has 2 aliphatic heterocycles. The van der Waals surface area contributed by atoms with Crippen molar-refractivity contribution in [2.45, 2.75) is 78.2 Å². The highest BCUT2D eigenvalue weighted by Crippen LogP contribution is 2.40. The molecule has 2 aliphatic carbocycles. The van der Waals surface area contributed by atoms with Crippen molar-refractivity contribution in [2.24, 2.45) is 17.8 Å². The lowest BCUT2D eigenvalue weighted by molar-refractivity contribution is -0.121. The van der Waals surface area contributed by atoms with Crippen LogP contribution in [0.4, 0.5) is 10.5 Å². The van der Waals surface area contributed by atoms with Crippen molar-refractivity contribution in [3.63, 3.8) is 0 Å². The number of rotatable bonds is 15. The molecule has 1 aromatic heterocycles. The Balaban J connectivity index is 1.11. The molecule has 0 saturated carbocycles. The van der Waals surface area contributed by atoms with Crippen molar-refractivity contribution in [3.05, 3.63) is 94.9 Å². The predicted octanol–water partition coefficient (Wildman–Crippen LogP) is 7.45. The Bertz CT molecular complexity index is 2550. The molecule has 340 valence electrons. The number of aromatic nitrogens is 1. The van der Waals surface area contributed by atoms with Crippen LogP contribution in [0.15, 0.2) is 83.6 Å². The number of methoxy groups -OCH3 is 1. The molecule has 14 heteroatoms. The number of anilines is 1. The van der Waals surface area contributed by atoms with Crippen LogP contribution in [0.25, 0.3) is 16.5 Å². The Morgan fingerprint density at radius 3 is 2.54 bits per heavy atom. The first-order chi connectivity index (χ1) is 31.3. The van der Waals surface area contributed by atoms with Crippen LogP contribution in [-0.4, -0.2) is 101 Å². The fraction of sp³-hybridized carbons (Fsp3) is 0.412. The van der Waals surface area contributed by atoms with E-state index in [9.17, 15) is 24.3 Å². The maximum Gasteiger partial charge on any atom is 0.407 e. The monoisotopic (exact) mass is 900 g/mol. The predicted molar refractivity (Wildman–Crippen MR) is 252 cm³/mol. The number of fused-ring (bicyclic) bond motifs is 3. The fourth-order valence-electron chi connectivity index (χ4n) is 7.97. The van der Waals surface area contributed by atoms with Gasteiger partial charge in [0.2, 0.25) is 0 Å². The minimum Gasteiger partial charge on any atom is -0.489 e. The summed E-state index contributed by atoms with van der Waals surface area (Å²) in [5, 5.41) is 18.6. The minimum atomic E-state index is -1.28. The summed E-state index contributed by atoms with van der Waals surface area (Å²) in [4.78, 5) is 57.6. The van der Waals surface area contributed by atoms with Gasteiger partial charge in [-0.3, -0.25) is 14.4 Å². The van der Waals surface area contributed by atoms with Gasteiger partial charge in [-0.05, 0) is 71.1 Å². The number of carbonyl (C=O) groups is 4. The number of ether oxygens (including phenoxy) is 4. The Kier molecular flexibility index (Phi) is 15.3. The number of nitrogens with one attached hydrogen (secondary N) is 3. The number of aliphatic hydroxyl groups excluding tert-OH is 1. The summed E-state index contributed by atoms with van der Waals surface area (Å²) < 4.78 is 24.4. The van der Waals surface area contributed by atoms with E-state index in [1.807, 2.05) is 43.1 Å². The molecule has 0 spiro atoms. The maximum absolute atomic E-state index is 14.3. The van der Waals surface area contributed by atoms with Crippen LogP contribution in [-0.2, 0) is 19.1 Å². The van der Waals surface area contributed by atoms with Gasteiger partial charge in [0.05, 0.1) is 50.3 Å². The van der Waals surface area contributed by atoms with Gasteiger partial charge in [0.1, 0.15) is 12.1 Å². The first kappa shape index (κ1) is 46.8. The molecule has 0 saturated heterocycles. The average molecular weight is 901 g/mol. The number of amides is 2. The number of thioether (sulfide) groups is 1. The second-order valence-corrected chi connectivity index (χ2v) is 18.2. The molecular formula is C51H56N4O9S. The van der Waals surface area contributed by atoms with E-state index in [1.54, 1.807) is 18.2 Å². The van der Waals surface area contributed by atoms with Gasteiger partial charge in [-0.15, -0.1) is 0 Å². The van der Waals surface area contributed by atoms with Crippen LogP contribution >= 0.6 is 11.8 Å². The lowest BCUT2D eigenvalue weighted by atomic mass is 9.90. The number of para-hydroxylation sites is 1. The van der Waals surface area contributed by atoms with Crippen LogP contribution in [0.2, 0.25) is 0 Å². The maximum atomic E-state index is 14.3. The molecule has 7 rings (SSSR count). The Labute approximate surface area is 384 Å². The van der Waals surface area contributed by atoms with Gasteiger partial charge in [-0.2, -0.15) is 0 Å². The minimum absolute atomic E-state index is 0.0704. The number of benzene rings is 2. The number of aromatic amines is 1. The molecule has 2 amide bonds. The summed E-state index contributed by atoms with van der Waals surface area (Å²) in [7, 11) is 1.19. The molecule has 0 fully saturated rings. The van der Waals surface area contributed by atoms with Gasteiger partial charge in [0, 0.05) is 60.3 Å². The molecule has 65 heavy (non-hydrogen) atoms. The third-order valence-electron chi connectivity index (χ3n) is 12.3. The molecule has 7 atom stereocenters. The standard InChI is InChI=1S/C51H56N4O9S/c1-7-30(2)27-62-46-22-39-42(52-25-36-20-35(26-55(36)50(39)59)41-21-34-14-12-13-16-40(34)53-41)23-47(46)64-29-32(4)31(3)28-63-45-17-11-9-8-10-15-38-48(45)37(18-19-65-33(5)56)43(57)24-44(58)49(38)54-51(60)61-6/h8-9,12-14,16,18,21-23,26,30-32,36,43,45,49,52-53,57H,7,19-20,24-25,27-29H2,1-6H3,(H,54,60)/b9-8-,37-18-/t30?,31?,32?,36?,43-,45-,49?/m0/s1. The Hall–Kier alpha value is -6.19. The fourth-order valence-corrected chi connectivity index (χ4v) is 8.47. The lowest BCUT2D eigenvalue weighted by Crippen LogP contribution is -2.42. The number of alkyl carbamates (subject to hydrolysis) is 1. The first-order valence-electron chi connectivity index (χ1n) is 22.1. The number of H-pyrrole nitrogens is 1. The van der Waals surface area contributed by atoms with Crippen molar-refractivity contribution in [1.82, 2.24) is 15.2 Å². The second kappa shape index (κ2) is 21.2. The van der Waals surface area contributed by atoms with Gasteiger partial charge in [0.15, 0.2) is 22.4 Å². The van der Waals surface area contributed by atoms with Crippen LogP contribution in [0.1, 0.15) is 69.9 Å². The average Bonchev–Trinajstić information content (AvgIpc) is 3.91. The molecule has 3 aromatic rings. The normalized spacial score (nSPS) is 22.6. The summed E-state index contributed by atoms with van der Waals surface area (Å²) in [6.45, 7) is 11.2. The number of carbonyl (C=O) groups excluding carboxylic acids is 4. The summed E-state index contributed by atoms with van der Waals surface area (Å²) in [5.74, 6) is 12.8. The van der Waals surface area contributed by atoms with Gasteiger partial charge in [0.25, 0.3) is 5.91 Å². The highest BCUT2D eigenvalue weighted by molar-refractivity contribution is 8.13. The van der Waals surface area contributed by atoms with E-state index in [0.717, 1.165) is 40.4 Å². The number of aliphatic hydroxyl groups is 1. The summed E-state index contributed by atoms with van der Waals surface area (Å²) in [6.07, 6.45) is 4.96. The van der Waals surface area contributed by atoms with Gasteiger partial charge in [-0.25, -0.2) is 4.79 Å². The SMILES string of the molecule is CCC(C)COc1cc2c(cc1OCC(C)C(C)CO[C@H]1C#C/C=C\C#CC3=C1/C(=C\CSC(C)=O)[C@@H](O)CC(=O)C3NC(=O)OC)NCC1CC(c3cc4ccccc4[nH]3)=CN1C2=O. The zero-order valence-corrected chi connectivity index (χ0v) is 38.4. The van der Waals surface area contributed by atoms with Crippen molar-refractivity contribution < 1.29 is 43.2 Å². The number of hydrogen-bond acceptors (Lipinski definition) is 11. The number of hydrogen-bond donors (Lipinski definition) is 4. The molecule has 4 aliphatic rings. The number of Topliss-reactive ketones (excluding diaryl/α,β-unsaturated/α-hetero) is 1. The summed E-state index contributed by atoms with van der Waals surface area (Å²) >= 11 is 1.05. The van der Waals surface area contributed by atoms with Gasteiger partial charge in [-0.1, -0.05) is 93.8 Å². The van der Waals surface area contributed by atoms with Gasteiger partial charge >= 0.3 is 6.09 Å². The zero-order chi connectivity index (χ0) is 46.2. The van der Waals surface area contributed by atoms with E-state index in [1.165, 1.54) is 20.1 Å². The molecule has 0 bridgehead atoms. The molecule has 13 nitrogen and oxygen atoms in total. The van der Waals surface area contributed by atoms with E-state index in [-0.39, 0.29) is 65.8 Å². The Morgan fingerprint density at radius 1 is 1.02 bits per heavy atom. The number of nitrogens with zero attached hydrogens (tertiary/aromatic N) is 1. The molecule has 5 unspecified atom stereocenters. The Morgan fingerprint density at radius 2 is 1.77 bits per heavy atom. The van der Waals surface area contributed by atoms with E-state index in [4.69, 9.17) is 18.9 Å². The topological polar surface area (TPSA) is 169 Å². The van der Waals surface area contributed by atoms with E-state index >= 15 is 0 Å². The molecule has 2 aromatic carbocycles. The van der Waals surface area contributed by atoms with E-state index < -0.39 is 30.1 Å². The van der Waals surface area contributed by atoms with Crippen molar-refractivity contribution in [3.8, 4) is 35.2 Å². The zero-order valence-electron chi connectivity index (χ0n) is 37.6. The quantitative estimate of drug-likeness (QED) is 0.112. The highest BCUT2D eigenvalue weighted by Gasteiger charge is 2.39. The van der Waals surface area contributed by atoms with Crippen molar-refractivity contribution >= 4 is 56.8 Å². The third kappa shape index (κ3) is 11.0. The van der Waals surface area contributed by atoms with Crippen LogP contribution in [0.3, 0.4) is 0 Å². The smallest absolute Gasteiger partial charge is 0.407 e. The lowest BCUT2D eigenvalue weighted by Gasteiger charge is -2.26. The van der Waals surface area contributed by atoms with Crippen molar-refractivity contribution in [2.75, 3.05) is 44.5 Å².